The van der Waals surface area contributed by atoms with Crippen molar-refractivity contribution in [2.75, 3.05) is 13.1 Å². The Kier molecular flexibility index (Phi) is 3.59. The molecule has 0 fully saturated rings. The summed E-state index contributed by atoms with van der Waals surface area (Å²) in [5.74, 6) is -0.855. The van der Waals surface area contributed by atoms with Gasteiger partial charge in [-0.3, -0.25) is 4.79 Å². The Morgan fingerprint density at radius 2 is 1.79 bits per heavy atom. The van der Waals surface area contributed by atoms with E-state index in [0.717, 1.165) is 18.2 Å². The molecule has 102 valence electrons. The molecule has 0 bridgehead atoms. The molecule has 1 aliphatic rings. The van der Waals surface area contributed by atoms with Crippen LogP contribution in [0.15, 0.2) is 35.9 Å². The Bertz CT molecular complexity index is 504. The van der Waals surface area contributed by atoms with Gasteiger partial charge in [0.2, 0.25) is 0 Å². The molecular formula is C13H11F4NO. The largest absolute Gasteiger partial charge is 0.412 e. The van der Waals surface area contributed by atoms with Crippen LogP contribution < -0.4 is 0 Å². The average molecular weight is 273 g/mol. The highest BCUT2D eigenvalue weighted by Crippen LogP contribution is 2.30. The first-order chi connectivity index (χ1) is 8.88. The molecule has 0 radical (unpaired) electrons. The standard InChI is InChI=1S/C13H11F4NO/c14-11-3-1-9(2-4-11)12(19)18-7-5-10(6-8-18)13(15,16)17/h1-5H,6-8H2. The number of hydrogen-bond acceptors (Lipinski definition) is 1. The molecule has 6 heteroatoms. The van der Waals surface area contributed by atoms with Crippen molar-refractivity contribution < 1.29 is 22.4 Å². The van der Waals surface area contributed by atoms with Crippen LogP contribution in [0.5, 0.6) is 0 Å². The van der Waals surface area contributed by atoms with E-state index in [2.05, 4.69) is 0 Å². The Morgan fingerprint density at radius 3 is 2.26 bits per heavy atom. The van der Waals surface area contributed by atoms with Crippen molar-refractivity contribution >= 4 is 5.91 Å². The van der Waals surface area contributed by atoms with Gasteiger partial charge in [-0.2, -0.15) is 13.2 Å². The predicted molar refractivity (Wildman–Crippen MR) is 61.1 cm³/mol. The van der Waals surface area contributed by atoms with Gasteiger partial charge in [0.1, 0.15) is 5.82 Å². The number of benzene rings is 1. The van der Waals surface area contributed by atoms with Crippen LogP contribution in [0.4, 0.5) is 17.6 Å². The summed E-state index contributed by atoms with van der Waals surface area (Å²) in [4.78, 5) is 13.3. The van der Waals surface area contributed by atoms with Crippen LogP contribution in [-0.4, -0.2) is 30.1 Å². The SMILES string of the molecule is O=C(c1ccc(F)cc1)N1CC=C(C(F)(F)F)CC1. The lowest BCUT2D eigenvalue weighted by Crippen LogP contribution is -2.36. The minimum absolute atomic E-state index is 0.0154. The number of amides is 1. The molecule has 0 saturated heterocycles. The average Bonchev–Trinajstić information content (AvgIpc) is 2.38. The van der Waals surface area contributed by atoms with E-state index in [4.69, 9.17) is 0 Å². The Hall–Kier alpha value is -1.85. The molecule has 1 amide bonds. The number of alkyl halides is 3. The smallest absolute Gasteiger partial charge is 0.335 e. The van der Waals surface area contributed by atoms with Crippen molar-refractivity contribution in [1.29, 1.82) is 0 Å². The van der Waals surface area contributed by atoms with Crippen LogP contribution in [0.2, 0.25) is 0 Å². The summed E-state index contributed by atoms with van der Waals surface area (Å²) in [6, 6.07) is 4.93. The molecule has 2 rings (SSSR count). The fraction of sp³-hybridized carbons (Fsp3) is 0.308. The third-order valence-corrected chi connectivity index (χ3v) is 2.95. The maximum atomic E-state index is 12.7. The lowest BCUT2D eigenvalue weighted by molar-refractivity contribution is -0.0957. The number of carbonyl (C=O) groups excluding carboxylic acids is 1. The van der Waals surface area contributed by atoms with Gasteiger partial charge in [0.25, 0.3) is 5.91 Å². The van der Waals surface area contributed by atoms with E-state index in [1.807, 2.05) is 0 Å². The van der Waals surface area contributed by atoms with Crippen molar-refractivity contribution in [3.05, 3.63) is 47.3 Å². The van der Waals surface area contributed by atoms with E-state index >= 15 is 0 Å². The van der Waals surface area contributed by atoms with E-state index in [0.29, 0.717) is 0 Å². The molecular weight excluding hydrogens is 262 g/mol. The molecule has 0 saturated carbocycles. The van der Waals surface area contributed by atoms with Crippen molar-refractivity contribution in [3.8, 4) is 0 Å². The highest BCUT2D eigenvalue weighted by Gasteiger charge is 2.35. The molecule has 1 aromatic carbocycles. The number of halogens is 4. The summed E-state index contributed by atoms with van der Waals surface area (Å²) in [6.07, 6.45) is -3.52. The summed E-state index contributed by atoms with van der Waals surface area (Å²) in [7, 11) is 0. The summed E-state index contributed by atoms with van der Waals surface area (Å²) in [5, 5.41) is 0. The van der Waals surface area contributed by atoms with Crippen molar-refractivity contribution in [3.63, 3.8) is 0 Å². The van der Waals surface area contributed by atoms with E-state index in [9.17, 15) is 22.4 Å². The van der Waals surface area contributed by atoms with Gasteiger partial charge in [0.15, 0.2) is 0 Å². The Balaban J connectivity index is 2.07. The monoisotopic (exact) mass is 273 g/mol. The zero-order valence-corrected chi connectivity index (χ0v) is 9.88. The number of carbonyl (C=O) groups is 1. The highest BCUT2D eigenvalue weighted by molar-refractivity contribution is 5.94. The van der Waals surface area contributed by atoms with E-state index in [1.165, 1.54) is 17.0 Å². The van der Waals surface area contributed by atoms with Crippen LogP contribution in [0, 0.1) is 5.82 Å². The van der Waals surface area contributed by atoms with Gasteiger partial charge in [0.05, 0.1) is 0 Å². The summed E-state index contributed by atoms with van der Waals surface area (Å²) >= 11 is 0. The minimum Gasteiger partial charge on any atom is -0.335 e. The quantitative estimate of drug-likeness (QED) is 0.568. The van der Waals surface area contributed by atoms with Crippen molar-refractivity contribution in [1.82, 2.24) is 4.90 Å². The van der Waals surface area contributed by atoms with Crippen LogP contribution in [0.25, 0.3) is 0 Å². The van der Waals surface area contributed by atoms with Crippen LogP contribution in [-0.2, 0) is 0 Å². The number of rotatable bonds is 1. The van der Waals surface area contributed by atoms with Gasteiger partial charge in [-0.1, -0.05) is 6.08 Å². The topological polar surface area (TPSA) is 20.3 Å². The molecule has 0 N–H and O–H groups in total. The van der Waals surface area contributed by atoms with Gasteiger partial charge in [0, 0.05) is 24.2 Å². The Morgan fingerprint density at radius 1 is 1.16 bits per heavy atom. The van der Waals surface area contributed by atoms with Crippen LogP contribution >= 0.6 is 0 Å². The summed E-state index contributed by atoms with van der Waals surface area (Å²) in [5.41, 5.74) is -0.332. The van der Waals surface area contributed by atoms with E-state index in [1.54, 1.807) is 0 Å². The van der Waals surface area contributed by atoms with E-state index < -0.39 is 23.5 Å². The molecule has 2 nitrogen and oxygen atoms in total. The lowest BCUT2D eigenvalue weighted by atomic mass is 10.1. The zero-order chi connectivity index (χ0) is 14.0. The summed E-state index contributed by atoms with van der Waals surface area (Å²) < 4.78 is 50.0. The fourth-order valence-corrected chi connectivity index (χ4v) is 1.89. The van der Waals surface area contributed by atoms with Crippen LogP contribution in [0.1, 0.15) is 16.8 Å². The van der Waals surface area contributed by atoms with Gasteiger partial charge >= 0.3 is 6.18 Å². The third kappa shape index (κ3) is 3.13. The number of nitrogens with zero attached hydrogens (tertiary/aromatic N) is 1. The first-order valence-electron chi connectivity index (χ1n) is 5.69. The van der Waals surface area contributed by atoms with Crippen LogP contribution in [0.3, 0.4) is 0 Å². The third-order valence-electron chi connectivity index (χ3n) is 2.95. The molecule has 1 aromatic rings. The molecule has 1 aliphatic heterocycles. The normalized spacial score (nSPS) is 16.2. The first-order valence-corrected chi connectivity index (χ1v) is 5.69. The zero-order valence-electron chi connectivity index (χ0n) is 9.88. The van der Waals surface area contributed by atoms with Gasteiger partial charge in [-0.05, 0) is 30.7 Å². The predicted octanol–water partition coefficient (Wildman–Crippen LogP) is 3.16. The highest BCUT2D eigenvalue weighted by atomic mass is 19.4. The van der Waals surface area contributed by atoms with Crippen molar-refractivity contribution in [2.24, 2.45) is 0 Å². The maximum Gasteiger partial charge on any atom is 0.412 e. The lowest BCUT2D eigenvalue weighted by Gasteiger charge is -2.27. The second kappa shape index (κ2) is 5.03. The van der Waals surface area contributed by atoms with Gasteiger partial charge < -0.3 is 4.90 Å². The summed E-state index contributed by atoms with van der Waals surface area (Å²) in [6.45, 7) is -0.0629. The number of hydrogen-bond donors (Lipinski definition) is 0. The van der Waals surface area contributed by atoms with Gasteiger partial charge in [-0.15, -0.1) is 0 Å². The minimum atomic E-state index is -4.33. The Labute approximate surface area is 107 Å². The molecule has 19 heavy (non-hydrogen) atoms. The molecule has 0 spiro atoms. The van der Waals surface area contributed by atoms with Crippen molar-refractivity contribution in [2.45, 2.75) is 12.6 Å². The maximum absolute atomic E-state index is 12.7. The second-order valence-electron chi connectivity index (χ2n) is 4.24. The second-order valence-corrected chi connectivity index (χ2v) is 4.24. The molecule has 0 aromatic heterocycles. The molecule has 0 aliphatic carbocycles. The molecule has 1 heterocycles. The van der Waals surface area contributed by atoms with Gasteiger partial charge in [-0.25, -0.2) is 4.39 Å². The first kappa shape index (κ1) is 13.6. The molecule has 0 unspecified atom stereocenters. The molecule has 0 atom stereocenters. The fourth-order valence-electron chi connectivity index (χ4n) is 1.89. The van der Waals surface area contributed by atoms with E-state index in [-0.39, 0.29) is 25.1 Å².